The molecule has 13 nitrogen and oxygen atoms in total. The minimum atomic E-state index is -5.11. The molecule has 60 heavy (non-hydrogen) atoms. The Morgan fingerprint density at radius 2 is 1.07 bits per heavy atom. The molecule has 356 valence electrons. The molecule has 1 aliphatic heterocycles. The SMILES string of the molecule is CCCCCCCCC/C=C\CCCCCCC(O)C(=O)NC(COC1OC(CO)C(O)C(OS(=O)(=O)O)C1O)C(O)CCCCCCCCCCCCCCCCCC. The van der Waals surface area contributed by atoms with Crippen LogP contribution >= 0.6 is 0 Å². The number of nitrogens with one attached hydrogen (secondary N) is 1. The molecule has 14 heteroatoms. The van der Waals surface area contributed by atoms with Crippen LogP contribution in [0.3, 0.4) is 0 Å². The first-order valence-electron chi connectivity index (χ1n) is 24.2. The maximum Gasteiger partial charge on any atom is 0.397 e. The van der Waals surface area contributed by atoms with E-state index >= 15 is 0 Å². The summed E-state index contributed by atoms with van der Waals surface area (Å²) in [4.78, 5) is 13.1. The molecular formula is C46H89NO12S. The van der Waals surface area contributed by atoms with Gasteiger partial charge in [-0.2, -0.15) is 8.42 Å². The lowest BCUT2D eigenvalue weighted by Crippen LogP contribution is -2.61. The molecule has 1 saturated heterocycles. The zero-order valence-electron chi connectivity index (χ0n) is 37.6. The Bertz CT molecular complexity index is 1140. The fraction of sp³-hybridized carbons (Fsp3) is 0.935. The van der Waals surface area contributed by atoms with E-state index in [-0.39, 0.29) is 6.42 Å². The van der Waals surface area contributed by atoms with Gasteiger partial charge in [-0.15, -0.1) is 0 Å². The highest BCUT2D eigenvalue weighted by atomic mass is 32.3. The summed E-state index contributed by atoms with van der Waals surface area (Å²) in [5.41, 5.74) is 0. The average Bonchev–Trinajstić information content (AvgIpc) is 3.22. The number of unbranched alkanes of at least 4 members (excludes halogenated alkanes) is 26. The predicted octanol–water partition coefficient (Wildman–Crippen LogP) is 8.53. The molecule has 1 aliphatic rings. The van der Waals surface area contributed by atoms with Gasteiger partial charge in [-0.1, -0.05) is 187 Å². The van der Waals surface area contributed by atoms with Gasteiger partial charge in [0.05, 0.1) is 25.4 Å². The number of amides is 1. The number of carbonyl (C=O) groups excluding carboxylic acids is 1. The first kappa shape index (κ1) is 56.8. The Labute approximate surface area is 364 Å². The molecule has 8 atom stereocenters. The van der Waals surface area contributed by atoms with E-state index in [0.29, 0.717) is 19.3 Å². The van der Waals surface area contributed by atoms with Gasteiger partial charge in [0.25, 0.3) is 0 Å². The van der Waals surface area contributed by atoms with E-state index in [1.165, 1.54) is 122 Å². The summed E-state index contributed by atoms with van der Waals surface area (Å²) in [6.07, 6.45) is 28.2. The molecule has 0 saturated carbocycles. The highest BCUT2D eigenvalue weighted by Gasteiger charge is 2.48. The van der Waals surface area contributed by atoms with Crippen molar-refractivity contribution in [2.75, 3.05) is 13.2 Å². The lowest BCUT2D eigenvalue weighted by atomic mass is 9.99. The van der Waals surface area contributed by atoms with Crippen molar-refractivity contribution in [3.63, 3.8) is 0 Å². The van der Waals surface area contributed by atoms with Crippen molar-refractivity contribution < 1.29 is 57.0 Å². The molecule has 0 radical (unpaired) electrons. The first-order valence-corrected chi connectivity index (χ1v) is 25.5. The number of aliphatic hydroxyl groups excluding tert-OH is 5. The molecule has 1 rings (SSSR count). The van der Waals surface area contributed by atoms with Crippen molar-refractivity contribution in [2.24, 2.45) is 0 Å². The van der Waals surface area contributed by atoms with Gasteiger partial charge >= 0.3 is 10.4 Å². The number of hydrogen-bond donors (Lipinski definition) is 7. The topological polar surface area (TPSA) is 212 Å². The number of carbonyl (C=O) groups is 1. The van der Waals surface area contributed by atoms with Crippen LogP contribution < -0.4 is 5.32 Å². The first-order chi connectivity index (χ1) is 28.9. The van der Waals surface area contributed by atoms with E-state index < -0.39 is 78.5 Å². The van der Waals surface area contributed by atoms with Crippen LogP contribution in [0.5, 0.6) is 0 Å². The van der Waals surface area contributed by atoms with Crippen LogP contribution in [0.4, 0.5) is 0 Å². The largest absolute Gasteiger partial charge is 0.397 e. The van der Waals surface area contributed by atoms with Crippen LogP contribution in [0.1, 0.15) is 213 Å². The lowest BCUT2D eigenvalue weighted by Gasteiger charge is -2.41. The van der Waals surface area contributed by atoms with Crippen LogP contribution in [0, 0.1) is 0 Å². The van der Waals surface area contributed by atoms with Crippen LogP contribution in [-0.2, 0) is 28.9 Å². The van der Waals surface area contributed by atoms with Gasteiger partial charge in [0, 0.05) is 0 Å². The van der Waals surface area contributed by atoms with Gasteiger partial charge in [-0.05, 0) is 38.5 Å². The molecule has 0 aromatic rings. The second-order valence-corrected chi connectivity index (χ2v) is 18.2. The minimum absolute atomic E-state index is 0.248. The molecule has 0 aromatic carbocycles. The minimum Gasteiger partial charge on any atom is -0.394 e. The van der Waals surface area contributed by atoms with Crippen molar-refractivity contribution >= 4 is 16.3 Å². The maximum absolute atomic E-state index is 13.1. The molecule has 1 fully saturated rings. The predicted molar refractivity (Wildman–Crippen MR) is 238 cm³/mol. The zero-order chi connectivity index (χ0) is 44.3. The van der Waals surface area contributed by atoms with E-state index in [2.05, 4.69) is 35.5 Å². The number of ether oxygens (including phenoxy) is 2. The summed E-state index contributed by atoms with van der Waals surface area (Å²) >= 11 is 0. The Balaban J connectivity index is 2.55. The summed E-state index contributed by atoms with van der Waals surface area (Å²) in [6.45, 7) is 3.28. The molecule has 0 aliphatic carbocycles. The van der Waals surface area contributed by atoms with Crippen molar-refractivity contribution in [3.8, 4) is 0 Å². The van der Waals surface area contributed by atoms with Gasteiger partial charge in [0.15, 0.2) is 6.29 Å². The molecule has 0 aromatic heterocycles. The maximum atomic E-state index is 13.1. The van der Waals surface area contributed by atoms with Gasteiger partial charge in [0.2, 0.25) is 5.91 Å². The van der Waals surface area contributed by atoms with Crippen LogP contribution in [-0.4, -0.2) is 107 Å². The second kappa shape index (κ2) is 37.2. The summed E-state index contributed by atoms with van der Waals surface area (Å²) in [5, 5.41) is 55.4. The van der Waals surface area contributed by atoms with Crippen LogP contribution in [0.2, 0.25) is 0 Å². The summed E-state index contributed by atoms with van der Waals surface area (Å²) in [5.74, 6) is -0.677. The van der Waals surface area contributed by atoms with Crippen molar-refractivity contribution in [1.29, 1.82) is 0 Å². The van der Waals surface area contributed by atoms with Gasteiger partial charge < -0.3 is 40.3 Å². The number of hydrogen-bond acceptors (Lipinski definition) is 11. The van der Waals surface area contributed by atoms with Crippen LogP contribution in [0.15, 0.2) is 12.2 Å². The van der Waals surface area contributed by atoms with E-state index in [1.54, 1.807) is 0 Å². The summed E-state index contributed by atoms with van der Waals surface area (Å²) in [7, 11) is -5.11. The third-order valence-corrected chi connectivity index (χ3v) is 12.1. The van der Waals surface area contributed by atoms with Crippen molar-refractivity contribution in [3.05, 3.63) is 12.2 Å². The van der Waals surface area contributed by atoms with Crippen molar-refractivity contribution in [1.82, 2.24) is 5.32 Å². The fourth-order valence-corrected chi connectivity index (χ4v) is 8.32. The zero-order valence-corrected chi connectivity index (χ0v) is 38.5. The number of rotatable bonds is 41. The number of aliphatic hydroxyl groups is 5. The second-order valence-electron chi connectivity index (χ2n) is 17.2. The highest BCUT2D eigenvalue weighted by molar-refractivity contribution is 7.80. The molecule has 1 heterocycles. The lowest BCUT2D eigenvalue weighted by molar-refractivity contribution is -0.298. The Kier molecular flexibility index (Phi) is 35.2. The Hall–Kier alpha value is -1.20. The normalized spacial score (nSPS) is 21.4. The summed E-state index contributed by atoms with van der Waals surface area (Å²) in [6, 6.07) is -1.03. The monoisotopic (exact) mass is 880 g/mol. The third-order valence-electron chi connectivity index (χ3n) is 11.7. The van der Waals surface area contributed by atoms with E-state index in [9.17, 15) is 43.3 Å². The van der Waals surface area contributed by atoms with Crippen molar-refractivity contribution in [2.45, 2.75) is 262 Å². The number of allylic oxidation sites excluding steroid dienone is 2. The van der Waals surface area contributed by atoms with E-state index in [4.69, 9.17) is 9.47 Å². The van der Waals surface area contributed by atoms with Gasteiger partial charge in [-0.3, -0.25) is 9.35 Å². The molecule has 8 unspecified atom stereocenters. The average molecular weight is 880 g/mol. The van der Waals surface area contributed by atoms with Gasteiger partial charge in [0.1, 0.15) is 30.5 Å². The third kappa shape index (κ3) is 29.2. The molecule has 0 bridgehead atoms. The fourth-order valence-electron chi connectivity index (χ4n) is 7.81. The van der Waals surface area contributed by atoms with Crippen LogP contribution in [0.25, 0.3) is 0 Å². The molecule has 0 spiro atoms. The standard InChI is InChI=1S/C46H89NO12S/c1-3-5-7-9-11-13-15-17-19-21-22-24-26-28-30-32-34-39(49)38(37-57-46-43(52)44(59-60(54,55)56)42(51)41(36-48)58-46)47-45(53)40(50)35-33-31-29-27-25-23-20-18-16-14-12-10-8-6-4-2/h20,23,38-44,46,48-52H,3-19,21-22,24-37H2,1-2H3,(H,47,53)(H,54,55,56)/b23-20-. The Morgan fingerprint density at radius 3 is 1.50 bits per heavy atom. The molecule has 7 N–H and O–H groups in total. The summed E-state index contributed by atoms with van der Waals surface area (Å²) < 4.78 is 47.6. The molecule has 1 amide bonds. The van der Waals surface area contributed by atoms with E-state index in [0.717, 1.165) is 51.4 Å². The van der Waals surface area contributed by atoms with Gasteiger partial charge in [-0.25, -0.2) is 4.18 Å². The molecular weight excluding hydrogens is 791 g/mol. The quantitative estimate of drug-likeness (QED) is 0.0175. The van der Waals surface area contributed by atoms with E-state index in [1.807, 2.05) is 0 Å². The Morgan fingerprint density at radius 1 is 0.650 bits per heavy atom. The smallest absolute Gasteiger partial charge is 0.394 e. The highest BCUT2D eigenvalue weighted by Crippen LogP contribution is 2.26.